The standard InChI is InChI=1S/C21H24BrN5/c22-16-7-8-17-18(13-16)23-10-9-19(17)26-11-4-5-15(14-26)21-25-24-20-6-2-1-3-12-27(20)21/h7-10,13,15H,1-6,11-12,14H2. The third-order valence-electron chi connectivity index (χ3n) is 5.95. The van der Waals surface area contributed by atoms with Crippen molar-refractivity contribution in [2.24, 2.45) is 0 Å². The highest BCUT2D eigenvalue weighted by Gasteiger charge is 2.28. The second kappa shape index (κ2) is 7.23. The average Bonchev–Trinajstić information content (AvgIpc) is 2.96. The predicted molar refractivity (Wildman–Crippen MR) is 111 cm³/mol. The fraction of sp³-hybridized carbons (Fsp3) is 0.476. The first-order valence-electron chi connectivity index (χ1n) is 10.0. The molecule has 4 heterocycles. The Morgan fingerprint density at radius 2 is 1.96 bits per heavy atom. The number of anilines is 1. The van der Waals surface area contributed by atoms with E-state index in [4.69, 9.17) is 0 Å². The highest BCUT2D eigenvalue weighted by atomic mass is 79.9. The molecule has 1 saturated heterocycles. The van der Waals surface area contributed by atoms with Crippen LogP contribution in [0, 0.1) is 0 Å². The van der Waals surface area contributed by atoms with Gasteiger partial charge >= 0.3 is 0 Å². The Labute approximate surface area is 167 Å². The van der Waals surface area contributed by atoms with E-state index in [2.05, 4.69) is 64.8 Å². The first-order chi connectivity index (χ1) is 13.3. The molecule has 27 heavy (non-hydrogen) atoms. The van der Waals surface area contributed by atoms with E-state index in [-0.39, 0.29) is 0 Å². The second-order valence-corrected chi connectivity index (χ2v) is 8.63. The Bertz CT molecular complexity index is 966. The van der Waals surface area contributed by atoms with Crippen molar-refractivity contribution in [3.8, 4) is 0 Å². The topological polar surface area (TPSA) is 46.8 Å². The lowest BCUT2D eigenvalue weighted by Crippen LogP contribution is -2.35. The third kappa shape index (κ3) is 3.24. The van der Waals surface area contributed by atoms with Gasteiger partial charge in [-0.25, -0.2) is 0 Å². The molecule has 2 aromatic heterocycles. The fourth-order valence-electron chi connectivity index (χ4n) is 4.60. The van der Waals surface area contributed by atoms with E-state index < -0.39 is 0 Å². The molecule has 1 fully saturated rings. The van der Waals surface area contributed by atoms with Crippen LogP contribution in [-0.2, 0) is 13.0 Å². The van der Waals surface area contributed by atoms with Gasteiger partial charge in [-0.1, -0.05) is 22.4 Å². The number of halogens is 1. The lowest BCUT2D eigenvalue weighted by molar-refractivity contribution is 0.466. The summed E-state index contributed by atoms with van der Waals surface area (Å²) >= 11 is 3.56. The SMILES string of the molecule is Brc1ccc2c(N3CCCC(c4nnc5n4CCCCC5)C3)ccnc2c1. The number of aryl methyl sites for hydroxylation is 1. The number of aromatic nitrogens is 4. The Morgan fingerprint density at radius 3 is 2.93 bits per heavy atom. The summed E-state index contributed by atoms with van der Waals surface area (Å²) in [7, 11) is 0. The minimum Gasteiger partial charge on any atom is -0.370 e. The number of nitrogens with zero attached hydrogens (tertiary/aromatic N) is 5. The molecule has 0 saturated carbocycles. The Balaban J connectivity index is 1.46. The predicted octanol–water partition coefficient (Wildman–Crippen LogP) is 4.70. The van der Waals surface area contributed by atoms with Gasteiger partial charge in [0.05, 0.1) is 5.52 Å². The summed E-state index contributed by atoms with van der Waals surface area (Å²) in [6, 6.07) is 8.53. The van der Waals surface area contributed by atoms with Crippen LogP contribution in [0.15, 0.2) is 34.9 Å². The van der Waals surface area contributed by atoms with E-state index in [1.54, 1.807) is 0 Å². The van der Waals surface area contributed by atoms with Crippen molar-refractivity contribution >= 4 is 32.5 Å². The van der Waals surface area contributed by atoms with Crippen molar-refractivity contribution in [3.63, 3.8) is 0 Å². The summed E-state index contributed by atoms with van der Waals surface area (Å²) < 4.78 is 3.49. The van der Waals surface area contributed by atoms with Gasteiger partial charge in [0.2, 0.25) is 0 Å². The summed E-state index contributed by atoms with van der Waals surface area (Å²) in [5, 5.41) is 10.4. The summed E-state index contributed by atoms with van der Waals surface area (Å²) in [4.78, 5) is 7.07. The van der Waals surface area contributed by atoms with Gasteiger partial charge in [-0.15, -0.1) is 10.2 Å². The smallest absolute Gasteiger partial charge is 0.137 e. The summed E-state index contributed by atoms with van der Waals surface area (Å²) in [5.74, 6) is 2.85. The quantitative estimate of drug-likeness (QED) is 0.596. The van der Waals surface area contributed by atoms with Crippen LogP contribution in [0.5, 0.6) is 0 Å². The molecule has 2 aliphatic rings. The maximum atomic E-state index is 4.63. The fourth-order valence-corrected chi connectivity index (χ4v) is 4.95. The van der Waals surface area contributed by atoms with Crippen molar-refractivity contribution in [3.05, 3.63) is 46.6 Å². The van der Waals surface area contributed by atoms with Gasteiger partial charge in [-0.2, -0.15) is 0 Å². The van der Waals surface area contributed by atoms with Crippen molar-refractivity contribution < 1.29 is 0 Å². The Morgan fingerprint density at radius 1 is 1.00 bits per heavy atom. The van der Waals surface area contributed by atoms with Crippen molar-refractivity contribution in [2.45, 2.75) is 51.0 Å². The highest BCUT2D eigenvalue weighted by molar-refractivity contribution is 9.10. The van der Waals surface area contributed by atoms with Gasteiger partial charge in [0.1, 0.15) is 11.6 Å². The number of rotatable bonds is 2. The molecule has 2 aliphatic heterocycles. The van der Waals surface area contributed by atoms with E-state index in [0.717, 1.165) is 36.0 Å². The minimum absolute atomic E-state index is 0.455. The van der Waals surface area contributed by atoms with Crippen LogP contribution in [0.3, 0.4) is 0 Å². The second-order valence-electron chi connectivity index (χ2n) is 7.71. The molecule has 0 radical (unpaired) electrons. The van der Waals surface area contributed by atoms with E-state index in [1.807, 2.05) is 6.20 Å². The molecule has 1 atom stereocenters. The van der Waals surface area contributed by atoms with Gasteiger partial charge in [0.25, 0.3) is 0 Å². The van der Waals surface area contributed by atoms with Crippen LogP contribution >= 0.6 is 15.9 Å². The first kappa shape index (κ1) is 17.2. The molecule has 5 nitrogen and oxygen atoms in total. The van der Waals surface area contributed by atoms with Gasteiger partial charge in [0, 0.05) is 53.7 Å². The maximum Gasteiger partial charge on any atom is 0.137 e. The molecular formula is C21H24BrN5. The average molecular weight is 426 g/mol. The highest BCUT2D eigenvalue weighted by Crippen LogP contribution is 2.34. The van der Waals surface area contributed by atoms with E-state index in [0.29, 0.717) is 5.92 Å². The molecule has 0 N–H and O–H groups in total. The van der Waals surface area contributed by atoms with Crippen LogP contribution in [0.4, 0.5) is 5.69 Å². The first-order valence-corrected chi connectivity index (χ1v) is 10.8. The van der Waals surface area contributed by atoms with Gasteiger partial charge in [-0.05, 0) is 49.9 Å². The van der Waals surface area contributed by atoms with Crippen molar-refractivity contribution in [1.82, 2.24) is 19.7 Å². The van der Waals surface area contributed by atoms with Gasteiger partial charge in [0.15, 0.2) is 0 Å². The molecule has 0 spiro atoms. The van der Waals surface area contributed by atoms with Crippen LogP contribution in [0.1, 0.15) is 49.7 Å². The molecule has 6 heteroatoms. The molecular weight excluding hydrogens is 402 g/mol. The third-order valence-corrected chi connectivity index (χ3v) is 6.44. The van der Waals surface area contributed by atoms with Crippen molar-refractivity contribution in [1.29, 1.82) is 0 Å². The number of benzene rings is 1. The van der Waals surface area contributed by atoms with Crippen molar-refractivity contribution in [2.75, 3.05) is 18.0 Å². The molecule has 1 aromatic carbocycles. The summed E-state index contributed by atoms with van der Waals surface area (Å²) in [6.07, 6.45) is 9.19. The lowest BCUT2D eigenvalue weighted by atomic mass is 9.96. The molecule has 0 bridgehead atoms. The molecule has 5 rings (SSSR count). The zero-order chi connectivity index (χ0) is 18.2. The zero-order valence-electron chi connectivity index (χ0n) is 15.4. The number of hydrogen-bond donors (Lipinski definition) is 0. The largest absolute Gasteiger partial charge is 0.370 e. The van der Waals surface area contributed by atoms with Gasteiger partial charge in [-0.3, -0.25) is 4.98 Å². The maximum absolute atomic E-state index is 4.63. The number of pyridine rings is 1. The minimum atomic E-state index is 0.455. The molecule has 3 aromatic rings. The summed E-state index contributed by atoms with van der Waals surface area (Å²) in [5.41, 5.74) is 2.33. The molecule has 140 valence electrons. The number of fused-ring (bicyclic) bond motifs is 2. The Hall–Kier alpha value is -1.95. The zero-order valence-corrected chi connectivity index (χ0v) is 17.0. The molecule has 0 amide bonds. The van der Waals surface area contributed by atoms with Crippen LogP contribution in [0.2, 0.25) is 0 Å². The number of piperidine rings is 1. The molecule has 0 aliphatic carbocycles. The van der Waals surface area contributed by atoms with E-state index in [1.165, 1.54) is 54.8 Å². The normalized spacial score (nSPS) is 20.5. The van der Waals surface area contributed by atoms with E-state index >= 15 is 0 Å². The van der Waals surface area contributed by atoms with E-state index in [9.17, 15) is 0 Å². The van der Waals surface area contributed by atoms with Gasteiger partial charge < -0.3 is 9.47 Å². The van der Waals surface area contributed by atoms with Crippen LogP contribution in [-0.4, -0.2) is 32.8 Å². The van der Waals surface area contributed by atoms with Crippen LogP contribution < -0.4 is 4.90 Å². The van der Waals surface area contributed by atoms with Crippen LogP contribution in [0.25, 0.3) is 10.9 Å². The molecule has 1 unspecified atom stereocenters. The monoisotopic (exact) mass is 425 g/mol. The lowest BCUT2D eigenvalue weighted by Gasteiger charge is -2.34. The summed E-state index contributed by atoms with van der Waals surface area (Å²) in [6.45, 7) is 3.18. The Kier molecular flexibility index (Phi) is 4.60. The number of hydrogen-bond acceptors (Lipinski definition) is 4.